The quantitative estimate of drug-likeness (QED) is 0.810. The van der Waals surface area contributed by atoms with Gasteiger partial charge in [0.25, 0.3) is 0 Å². The first-order chi connectivity index (χ1) is 7.56. The molecule has 0 spiro atoms. The first-order valence-electron chi connectivity index (χ1n) is 4.92. The number of hydrogen-bond acceptors (Lipinski definition) is 3. The van der Waals surface area contributed by atoms with Crippen LogP contribution in [0.1, 0.15) is 12.0 Å². The molecular formula is C11H11BrN2O2. The minimum absolute atomic E-state index is 0.203. The van der Waals surface area contributed by atoms with E-state index < -0.39 is 6.04 Å². The maximum absolute atomic E-state index is 11.4. The van der Waals surface area contributed by atoms with Crippen LogP contribution in [0, 0.1) is 6.92 Å². The van der Waals surface area contributed by atoms with E-state index in [0.29, 0.717) is 0 Å². The molecule has 2 rings (SSSR count). The summed E-state index contributed by atoms with van der Waals surface area (Å²) in [6.07, 6.45) is 0.203. The molecule has 1 heterocycles. The van der Waals surface area contributed by atoms with Gasteiger partial charge in [0.15, 0.2) is 0 Å². The Balaban J connectivity index is 2.15. The van der Waals surface area contributed by atoms with Crippen molar-refractivity contribution in [1.29, 1.82) is 0 Å². The number of halogens is 1. The molecule has 16 heavy (non-hydrogen) atoms. The van der Waals surface area contributed by atoms with Crippen molar-refractivity contribution in [3.63, 3.8) is 0 Å². The summed E-state index contributed by atoms with van der Waals surface area (Å²) in [5.74, 6) is -0.482. The van der Waals surface area contributed by atoms with Gasteiger partial charge < -0.3 is 5.32 Å². The SMILES string of the molecule is Cc1cc(Br)ccc1NC1CC(=O)NC1=O. The van der Waals surface area contributed by atoms with Gasteiger partial charge in [0.1, 0.15) is 6.04 Å². The monoisotopic (exact) mass is 282 g/mol. The smallest absolute Gasteiger partial charge is 0.249 e. The van der Waals surface area contributed by atoms with Crippen LogP contribution in [0.4, 0.5) is 5.69 Å². The minimum Gasteiger partial charge on any atom is -0.373 e. The van der Waals surface area contributed by atoms with E-state index in [1.54, 1.807) is 0 Å². The van der Waals surface area contributed by atoms with Crippen LogP contribution in [0.5, 0.6) is 0 Å². The van der Waals surface area contributed by atoms with Crippen molar-refractivity contribution in [2.45, 2.75) is 19.4 Å². The fourth-order valence-corrected chi connectivity index (χ4v) is 2.12. The summed E-state index contributed by atoms with van der Waals surface area (Å²) < 4.78 is 0.988. The van der Waals surface area contributed by atoms with Crippen molar-refractivity contribution in [2.24, 2.45) is 0 Å². The Labute approximate surface area is 102 Å². The molecule has 5 heteroatoms. The zero-order chi connectivity index (χ0) is 11.7. The van der Waals surface area contributed by atoms with Gasteiger partial charge in [-0.25, -0.2) is 0 Å². The second-order valence-corrected chi connectivity index (χ2v) is 4.69. The summed E-state index contributed by atoms with van der Waals surface area (Å²) in [5, 5.41) is 5.33. The molecule has 1 unspecified atom stereocenters. The average Bonchev–Trinajstić information content (AvgIpc) is 2.50. The summed E-state index contributed by atoms with van der Waals surface area (Å²) in [4.78, 5) is 22.4. The van der Waals surface area contributed by atoms with Gasteiger partial charge in [0.2, 0.25) is 11.8 Å². The molecule has 0 saturated carbocycles. The van der Waals surface area contributed by atoms with E-state index in [4.69, 9.17) is 0 Å². The highest BCUT2D eigenvalue weighted by Gasteiger charge is 2.30. The Morgan fingerprint density at radius 2 is 2.19 bits per heavy atom. The summed E-state index contributed by atoms with van der Waals surface area (Å²) in [7, 11) is 0. The summed E-state index contributed by atoms with van der Waals surface area (Å²) in [6.45, 7) is 1.95. The molecule has 0 bridgehead atoms. The number of aryl methyl sites for hydroxylation is 1. The lowest BCUT2D eigenvalue weighted by atomic mass is 10.1. The van der Waals surface area contributed by atoms with E-state index in [9.17, 15) is 9.59 Å². The third-order valence-electron chi connectivity index (χ3n) is 2.49. The number of imide groups is 1. The molecule has 1 atom stereocenters. The normalized spacial score (nSPS) is 19.8. The van der Waals surface area contributed by atoms with E-state index in [2.05, 4.69) is 26.6 Å². The zero-order valence-electron chi connectivity index (χ0n) is 8.71. The Kier molecular flexibility index (Phi) is 2.96. The van der Waals surface area contributed by atoms with Crippen molar-refractivity contribution >= 4 is 33.4 Å². The Hall–Kier alpha value is -1.36. The maximum Gasteiger partial charge on any atom is 0.249 e. The molecule has 1 aromatic carbocycles. The largest absolute Gasteiger partial charge is 0.373 e. The number of carbonyl (C=O) groups is 2. The van der Waals surface area contributed by atoms with Gasteiger partial charge in [-0.3, -0.25) is 14.9 Å². The zero-order valence-corrected chi connectivity index (χ0v) is 10.3. The lowest BCUT2D eigenvalue weighted by Crippen LogP contribution is -2.30. The first kappa shape index (κ1) is 11.1. The molecule has 2 amide bonds. The molecule has 0 aliphatic carbocycles. The van der Waals surface area contributed by atoms with E-state index in [1.165, 1.54) is 0 Å². The highest BCUT2D eigenvalue weighted by Crippen LogP contribution is 2.21. The fraction of sp³-hybridized carbons (Fsp3) is 0.273. The molecule has 0 radical (unpaired) electrons. The van der Waals surface area contributed by atoms with Crippen LogP contribution in [0.15, 0.2) is 22.7 Å². The van der Waals surface area contributed by atoms with E-state index >= 15 is 0 Å². The molecule has 84 valence electrons. The summed E-state index contributed by atoms with van der Waals surface area (Å²) in [6, 6.07) is 5.28. The van der Waals surface area contributed by atoms with Gasteiger partial charge in [-0.2, -0.15) is 0 Å². The fourth-order valence-electron chi connectivity index (χ4n) is 1.65. The predicted molar refractivity (Wildman–Crippen MR) is 64.1 cm³/mol. The molecule has 4 nitrogen and oxygen atoms in total. The van der Waals surface area contributed by atoms with Crippen LogP contribution < -0.4 is 10.6 Å². The summed E-state index contributed by atoms with van der Waals surface area (Å²) >= 11 is 3.37. The Morgan fingerprint density at radius 3 is 2.75 bits per heavy atom. The first-order valence-corrected chi connectivity index (χ1v) is 5.72. The van der Waals surface area contributed by atoms with Crippen molar-refractivity contribution in [2.75, 3.05) is 5.32 Å². The number of benzene rings is 1. The molecule has 1 aliphatic rings. The van der Waals surface area contributed by atoms with Gasteiger partial charge in [0.05, 0.1) is 6.42 Å². The van der Waals surface area contributed by atoms with E-state index in [1.807, 2.05) is 25.1 Å². The van der Waals surface area contributed by atoms with Gasteiger partial charge in [-0.15, -0.1) is 0 Å². The van der Waals surface area contributed by atoms with E-state index in [-0.39, 0.29) is 18.2 Å². The number of hydrogen-bond donors (Lipinski definition) is 2. The third-order valence-corrected chi connectivity index (χ3v) is 2.98. The van der Waals surface area contributed by atoms with Crippen molar-refractivity contribution in [1.82, 2.24) is 5.32 Å². The second kappa shape index (κ2) is 4.25. The molecule has 1 aromatic rings. The topological polar surface area (TPSA) is 58.2 Å². The Morgan fingerprint density at radius 1 is 1.44 bits per heavy atom. The molecule has 2 N–H and O–H groups in total. The Bertz CT molecular complexity index is 459. The summed E-state index contributed by atoms with van der Waals surface area (Å²) in [5.41, 5.74) is 1.90. The standard InChI is InChI=1S/C11H11BrN2O2/c1-6-4-7(12)2-3-8(6)13-9-5-10(15)14-11(9)16/h2-4,9,13H,5H2,1H3,(H,14,15,16). The average molecular weight is 283 g/mol. The van der Waals surface area contributed by atoms with E-state index in [0.717, 1.165) is 15.7 Å². The third kappa shape index (κ3) is 2.24. The van der Waals surface area contributed by atoms with Gasteiger partial charge in [0, 0.05) is 10.2 Å². The second-order valence-electron chi connectivity index (χ2n) is 3.77. The van der Waals surface area contributed by atoms with Crippen LogP contribution in [-0.4, -0.2) is 17.9 Å². The van der Waals surface area contributed by atoms with Crippen molar-refractivity contribution < 1.29 is 9.59 Å². The molecule has 1 aliphatic heterocycles. The van der Waals surface area contributed by atoms with Crippen molar-refractivity contribution in [3.05, 3.63) is 28.2 Å². The molecular weight excluding hydrogens is 272 g/mol. The van der Waals surface area contributed by atoms with Gasteiger partial charge in [-0.05, 0) is 30.7 Å². The lowest BCUT2D eigenvalue weighted by Gasteiger charge is -2.13. The number of anilines is 1. The lowest BCUT2D eigenvalue weighted by molar-refractivity contribution is -0.124. The maximum atomic E-state index is 11.4. The number of nitrogens with one attached hydrogen (secondary N) is 2. The van der Waals surface area contributed by atoms with Crippen LogP contribution >= 0.6 is 15.9 Å². The number of carbonyl (C=O) groups excluding carboxylic acids is 2. The molecule has 1 saturated heterocycles. The van der Waals surface area contributed by atoms with Crippen molar-refractivity contribution in [3.8, 4) is 0 Å². The van der Waals surface area contributed by atoms with Crippen LogP contribution in [0.2, 0.25) is 0 Å². The highest BCUT2D eigenvalue weighted by molar-refractivity contribution is 9.10. The molecule has 1 fully saturated rings. The predicted octanol–water partition coefficient (Wildman–Crippen LogP) is 1.58. The van der Waals surface area contributed by atoms with Crippen LogP contribution in [0.3, 0.4) is 0 Å². The van der Waals surface area contributed by atoms with Crippen LogP contribution in [0.25, 0.3) is 0 Å². The minimum atomic E-state index is -0.452. The number of rotatable bonds is 2. The van der Waals surface area contributed by atoms with Crippen LogP contribution in [-0.2, 0) is 9.59 Å². The number of amides is 2. The molecule has 0 aromatic heterocycles. The highest BCUT2D eigenvalue weighted by atomic mass is 79.9. The van der Waals surface area contributed by atoms with Gasteiger partial charge in [-0.1, -0.05) is 15.9 Å². The van der Waals surface area contributed by atoms with Gasteiger partial charge >= 0.3 is 0 Å².